The predicted octanol–water partition coefficient (Wildman–Crippen LogP) is 9.44. The van der Waals surface area contributed by atoms with Crippen molar-refractivity contribution in [2.75, 3.05) is 0 Å². The van der Waals surface area contributed by atoms with Crippen molar-refractivity contribution < 1.29 is 15.3 Å². The standard InChI is InChI=1S/C37H52O3/c1-8-11-35(38)28-14-17-31(24(4)20-28)27(7)23-34(32-18-15-29(21-25(32)5)36(39)12-9-2)33-19-16-30(22-26(33)6)37(40)13-10-3/h14-22,27,34-40H,8-13,23H2,1-7H3. The van der Waals surface area contributed by atoms with E-state index in [9.17, 15) is 15.3 Å². The van der Waals surface area contributed by atoms with Crippen LogP contribution in [0.15, 0.2) is 54.6 Å². The molecule has 0 aliphatic rings. The number of benzene rings is 3. The molecule has 0 aliphatic heterocycles. The molecule has 0 saturated carbocycles. The van der Waals surface area contributed by atoms with Crippen LogP contribution in [0.1, 0.15) is 153 Å². The summed E-state index contributed by atoms with van der Waals surface area (Å²) >= 11 is 0. The average molecular weight is 545 g/mol. The van der Waals surface area contributed by atoms with Crippen molar-refractivity contribution in [1.29, 1.82) is 0 Å². The fraction of sp³-hybridized carbons (Fsp3) is 0.514. The highest BCUT2D eigenvalue weighted by Crippen LogP contribution is 2.40. The molecule has 218 valence electrons. The molecule has 3 N–H and O–H groups in total. The Labute approximate surface area is 243 Å². The van der Waals surface area contributed by atoms with E-state index in [0.29, 0.717) is 5.92 Å². The SMILES string of the molecule is CCCC(O)c1ccc(C(C)CC(c2ccc(C(O)CCC)cc2C)c2ccc(C(O)CCC)cc2C)c(C)c1. The van der Waals surface area contributed by atoms with Gasteiger partial charge in [0.25, 0.3) is 0 Å². The first-order valence-corrected chi connectivity index (χ1v) is 15.5. The van der Waals surface area contributed by atoms with Gasteiger partial charge in [0.15, 0.2) is 0 Å². The molecular weight excluding hydrogens is 492 g/mol. The maximum Gasteiger partial charge on any atom is 0.0790 e. The lowest BCUT2D eigenvalue weighted by molar-refractivity contribution is 0.166. The zero-order chi connectivity index (χ0) is 29.4. The second kappa shape index (κ2) is 15.0. The van der Waals surface area contributed by atoms with E-state index in [-0.39, 0.29) is 5.92 Å². The van der Waals surface area contributed by atoms with Crippen LogP contribution in [0.2, 0.25) is 0 Å². The summed E-state index contributed by atoms with van der Waals surface area (Å²) in [6, 6.07) is 19.4. The van der Waals surface area contributed by atoms with Crippen LogP contribution in [-0.2, 0) is 0 Å². The lowest BCUT2D eigenvalue weighted by Crippen LogP contribution is -2.12. The summed E-state index contributed by atoms with van der Waals surface area (Å²) in [6.45, 7) is 15.1. The molecule has 0 aliphatic carbocycles. The summed E-state index contributed by atoms with van der Waals surface area (Å²) in [5.41, 5.74) is 10.5. The summed E-state index contributed by atoms with van der Waals surface area (Å²) in [4.78, 5) is 0. The van der Waals surface area contributed by atoms with E-state index in [1.165, 1.54) is 33.4 Å². The van der Waals surface area contributed by atoms with E-state index < -0.39 is 18.3 Å². The molecule has 0 bridgehead atoms. The fourth-order valence-electron chi connectivity index (χ4n) is 6.28. The third-order valence-corrected chi connectivity index (χ3v) is 8.59. The monoisotopic (exact) mass is 544 g/mol. The minimum Gasteiger partial charge on any atom is -0.388 e. The lowest BCUT2D eigenvalue weighted by Gasteiger charge is -2.27. The molecule has 0 aromatic heterocycles. The van der Waals surface area contributed by atoms with Gasteiger partial charge in [-0.2, -0.15) is 0 Å². The molecule has 0 heterocycles. The van der Waals surface area contributed by atoms with Gasteiger partial charge in [-0.1, -0.05) is 102 Å². The van der Waals surface area contributed by atoms with Crippen molar-refractivity contribution in [3.63, 3.8) is 0 Å². The first-order valence-electron chi connectivity index (χ1n) is 15.5. The number of aliphatic hydroxyl groups is 3. The quantitative estimate of drug-likeness (QED) is 0.189. The molecule has 4 atom stereocenters. The van der Waals surface area contributed by atoms with Crippen molar-refractivity contribution in [1.82, 2.24) is 0 Å². The van der Waals surface area contributed by atoms with Crippen LogP contribution in [0.5, 0.6) is 0 Å². The molecule has 3 aromatic carbocycles. The van der Waals surface area contributed by atoms with Gasteiger partial charge < -0.3 is 15.3 Å². The third kappa shape index (κ3) is 7.84. The van der Waals surface area contributed by atoms with Crippen molar-refractivity contribution in [2.45, 2.75) is 124 Å². The Morgan fingerprint density at radius 2 is 0.850 bits per heavy atom. The van der Waals surface area contributed by atoms with Crippen molar-refractivity contribution in [3.8, 4) is 0 Å². The second-order valence-corrected chi connectivity index (χ2v) is 12.0. The Morgan fingerprint density at radius 3 is 1.15 bits per heavy atom. The van der Waals surface area contributed by atoms with Gasteiger partial charge in [0.2, 0.25) is 0 Å². The zero-order valence-corrected chi connectivity index (χ0v) is 25.9. The molecule has 3 heteroatoms. The van der Waals surface area contributed by atoms with Crippen molar-refractivity contribution in [3.05, 3.63) is 105 Å². The van der Waals surface area contributed by atoms with E-state index >= 15 is 0 Å². The minimum atomic E-state index is -0.430. The molecule has 3 aromatic rings. The summed E-state index contributed by atoms with van der Waals surface area (Å²) in [7, 11) is 0. The van der Waals surface area contributed by atoms with E-state index in [1.807, 2.05) is 0 Å². The molecular formula is C37H52O3. The Kier molecular flexibility index (Phi) is 12.0. The smallest absolute Gasteiger partial charge is 0.0790 e. The molecule has 0 radical (unpaired) electrons. The molecule has 0 amide bonds. The lowest BCUT2D eigenvalue weighted by atomic mass is 9.77. The van der Waals surface area contributed by atoms with E-state index in [4.69, 9.17) is 0 Å². The van der Waals surface area contributed by atoms with Gasteiger partial charge in [-0.25, -0.2) is 0 Å². The average Bonchev–Trinajstić information content (AvgIpc) is 2.92. The maximum absolute atomic E-state index is 10.6. The van der Waals surface area contributed by atoms with E-state index in [1.54, 1.807) is 0 Å². The molecule has 0 spiro atoms. The molecule has 0 saturated heterocycles. The fourth-order valence-corrected chi connectivity index (χ4v) is 6.28. The molecule has 0 fully saturated rings. The van der Waals surface area contributed by atoms with Crippen molar-refractivity contribution >= 4 is 0 Å². The van der Waals surface area contributed by atoms with Gasteiger partial charge in [0.1, 0.15) is 0 Å². The van der Waals surface area contributed by atoms with Gasteiger partial charge >= 0.3 is 0 Å². The third-order valence-electron chi connectivity index (χ3n) is 8.59. The second-order valence-electron chi connectivity index (χ2n) is 12.0. The van der Waals surface area contributed by atoms with E-state index in [0.717, 1.165) is 61.6 Å². The number of hydrogen-bond donors (Lipinski definition) is 3. The normalized spacial score (nSPS) is 15.4. The van der Waals surface area contributed by atoms with Crippen LogP contribution in [0.25, 0.3) is 0 Å². The summed E-state index contributed by atoms with van der Waals surface area (Å²) in [5.74, 6) is 0.478. The Bertz CT molecular complexity index is 1170. The van der Waals surface area contributed by atoms with Gasteiger partial charge in [0, 0.05) is 5.92 Å². The Balaban J connectivity index is 2.02. The number of hydrogen-bond acceptors (Lipinski definition) is 3. The highest BCUT2D eigenvalue weighted by Gasteiger charge is 2.24. The summed E-state index contributed by atoms with van der Waals surface area (Å²) in [6.07, 6.45) is 4.84. The van der Waals surface area contributed by atoms with Crippen LogP contribution in [0.4, 0.5) is 0 Å². The Morgan fingerprint density at radius 1 is 0.525 bits per heavy atom. The first-order chi connectivity index (χ1) is 19.1. The molecule has 40 heavy (non-hydrogen) atoms. The zero-order valence-electron chi connectivity index (χ0n) is 25.9. The van der Waals surface area contributed by atoms with Crippen LogP contribution in [0.3, 0.4) is 0 Å². The van der Waals surface area contributed by atoms with Crippen LogP contribution < -0.4 is 0 Å². The summed E-state index contributed by atoms with van der Waals surface area (Å²) < 4.78 is 0. The van der Waals surface area contributed by atoms with Gasteiger partial charge in [-0.05, 0) is 102 Å². The molecule has 4 unspecified atom stereocenters. The van der Waals surface area contributed by atoms with Gasteiger partial charge in [-0.15, -0.1) is 0 Å². The minimum absolute atomic E-state index is 0.175. The largest absolute Gasteiger partial charge is 0.388 e. The van der Waals surface area contributed by atoms with Crippen LogP contribution in [0, 0.1) is 20.8 Å². The maximum atomic E-state index is 10.6. The van der Waals surface area contributed by atoms with Crippen LogP contribution in [-0.4, -0.2) is 15.3 Å². The van der Waals surface area contributed by atoms with Gasteiger partial charge in [0.05, 0.1) is 18.3 Å². The van der Waals surface area contributed by atoms with Crippen molar-refractivity contribution in [2.24, 2.45) is 0 Å². The van der Waals surface area contributed by atoms with E-state index in [2.05, 4.69) is 103 Å². The topological polar surface area (TPSA) is 60.7 Å². The highest BCUT2D eigenvalue weighted by atomic mass is 16.3. The highest BCUT2D eigenvalue weighted by molar-refractivity contribution is 5.45. The number of aryl methyl sites for hydroxylation is 3. The predicted molar refractivity (Wildman–Crippen MR) is 168 cm³/mol. The number of rotatable bonds is 14. The summed E-state index contributed by atoms with van der Waals surface area (Å²) in [5, 5.41) is 31.8. The first kappa shape index (κ1) is 32.1. The number of aliphatic hydroxyl groups excluding tert-OH is 3. The van der Waals surface area contributed by atoms with Gasteiger partial charge in [-0.3, -0.25) is 0 Å². The molecule has 3 rings (SSSR count). The Hall–Kier alpha value is -2.46. The molecule has 3 nitrogen and oxygen atoms in total. The van der Waals surface area contributed by atoms with Crippen LogP contribution >= 0.6 is 0 Å².